The van der Waals surface area contributed by atoms with Crippen molar-refractivity contribution in [2.45, 2.75) is 39.2 Å². The molecule has 0 unspecified atom stereocenters. The van der Waals surface area contributed by atoms with E-state index in [0.29, 0.717) is 18.8 Å². The Morgan fingerprint density at radius 2 is 2.18 bits per heavy atom. The molecular formula is C11H19N3O3. The molecule has 0 spiro atoms. The minimum absolute atomic E-state index is 0.0528. The number of hydrogen-bond donors (Lipinski definition) is 3. The van der Waals surface area contributed by atoms with E-state index in [2.05, 4.69) is 10.4 Å². The maximum atomic E-state index is 10.7. The summed E-state index contributed by atoms with van der Waals surface area (Å²) in [6, 6.07) is 1.73. The molecule has 1 aromatic rings. The molecule has 0 radical (unpaired) electrons. The van der Waals surface area contributed by atoms with Gasteiger partial charge in [0.15, 0.2) is 0 Å². The third-order valence-corrected chi connectivity index (χ3v) is 2.31. The Balaban J connectivity index is 2.98. The van der Waals surface area contributed by atoms with Crippen molar-refractivity contribution in [3.8, 4) is 0 Å². The molecule has 6 nitrogen and oxygen atoms in total. The van der Waals surface area contributed by atoms with Crippen molar-refractivity contribution < 1.29 is 15.0 Å². The molecule has 0 saturated carbocycles. The third kappa shape index (κ3) is 3.74. The number of rotatable bonds is 4. The molecule has 6 heteroatoms. The SMILES string of the molecule is CC(C)(C)c1cc(NC(=O)O)n(CCCO)n1. The Bertz CT molecular complexity index is 393. The summed E-state index contributed by atoms with van der Waals surface area (Å²) in [5, 5.41) is 24.2. The first-order valence-electron chi connectivity index (χ1n) is 5.53. The third-order valence-electron chi connectivity index (χ3n) is 2.31. The molecule has 0 atom stereocenters. The van der Waals surface area contributed by atoms with Crippen molar-refractivity contribution in [3.05, 3.63) is 11.8 Å². The van der Waals surface area contributed by atoms with Crippen molar-refractivity contribution >= 4 is 11.9 Å². The van der Waals surface area contributed by atoms with Crippen LogP contribution in [0, 0.1) is 0 Å². The van der Waals surface area contributed by atoms with Gasteiger partial charge in [0.05, 0.1) is 5.69 Å². The molecule has 0 aliphatic carbocycles. The fraction of sp³-hybridized carbons (Fsp3) is 0.636. The van der Waals surface area contributed by atoms with Gasteiger partial charge in [0.1, 0.15) is 5.82 Å². The van der Waals surface area contributed by atoms with Gasteiger partial charge in [-0.15, -0.1) is 0 Å². The van der Waals surface area contributed by atoms with Gasteiger partial charge in [0.2, 0.25) is 0 Å². The molecule has 1 aromatic heterocycles. The molecular weight excluding hydrogens is 222 g/mol. The summed E-state index contributed by atoms with van der Waals surface area (Å²) in [6.07, 6.45) is -0.574. The second-order valence-corrected chi connectivity index (χ2v) is 4.90. The zero-order valence-corrected chi connectivity index (χ0v) is 10.4. The number of carboxylic acid groups (broad SMARTS) is 1. The van der Waals surface area contributed by atoms with Gasteiger partial charge in [0.25, 0.3) is 0 Å². The average molecular weight is 241 g/mol. The van der Waals surface area contributed by atoms with Crippen molar-refractivity contribution in [1.82, 2.24) is 9.78 Å². The smallest absolute Gasteiger partial charge is 0.410 e. The number of carbonyl (C=O) groups is 1. The molecule has 3 N–H and O–H groups in total. The molecule has 1 amide bonds. The molecule has 0 aromatic carbocycles. The summed E-state index contributed by atoms with van der Waals surface area (Å²) < 4.78 is 1.57. The van der Waals surface area contributed by atoms with Gasteiger partial charge in [-0.1, -0.05) is 20.8 Å². The van der Waals surface area contributed by atoms with E-state index in [1.165, 1.54) is 0 Å². The van der Waals surface area contributed by atoms with Gasteiger partial charge in [-0.2, -0.15) is 5.10 Å². The van der Waals surface area contributed by atoms with E-state index in [1.807, 2.05) is 20.8 Å². The highest BCUT2D eigenvalue weighted by Crippen LogP contribution is 2.24. The summed E-state index contributed by atoms with van der Waals surface area (Å²) in [5.41, 5.74) is 0.679. The Labute approximate surface area is 100 Å². The zero-order valence-electron chi connectivity index (χ0n) is 10.4. The predicted molar refractivity (Wildman–Crippen MR) is 64.3 cm³/mol. The summed E-state index contributed by atoms with van der Waals surface area (Å²) in [4.78, 5) is 10.7. The molecule has 96 valence electrons. The highest BCUT2D eigenvalue weighted by atomic mass is 16.4. The van der Waals surface area contributed by atoms with Crippen LogP contribution in [0.5, 0.6) is 0 Å². The first-order chi connectivity index (χ1) is 7.84. The summed E-state index contributed by atoms with van der Waals surface area (Å²) >= 11 is 0. The molecule has 0 fully saturated rings. The number of aliphatic hydroxyl groups excluding tert-OH is 1. The van der Waals surface area contributed by atoms with Crippen molar-refractivity contribution in [1.29, 1.82) is 0 Å². The van der Waals surface area contributed by atoms with Crippen LogP contribution in [-0.2, 0) is 12.0 Å². The Hall–Kier alpha value is -1.56. The van der Waals surface area contributed by atoms with Crippen LogP contribution >= 0.6 is 0 Å². The van der Waals surface area contributed by atoms with E-state index < -0.39 is 6.09 Å². The second kappa shape index (κ2) is 5.18. The average Bonchev–Trinajstić information content (AvgIpc) is 2.56. The number of anilines is 1. The minimum atomic E-state index is -1.12. The number of aliphatic hydroxyl groups is 1. The van der Waals surface area contributed by atoms with E-state index in [0.717, 1.165) is 5.69 Å². The fourth-order valence-electron chi connectivity index (χ4n) is 1.38. The number of nitrogens with one attached hydrogen (secondary N) is 1. The van der Waals surface area contributed by atoms with Crippen LogP contribution in [0.2, 0.25) is 0 Å². The van der Waals surface area contributed by atoms with Crippen molar-refractivity contribution in [2.24, 2.45) is 0 Å². The Kier molecular flexibility index (Phi) is 4.11. The van der Waals surface area contributed by atoms with Gasteiger partial charge in [-0.05, 0) is 6.42 Å². The predicted octanol–water partition coefficient (Wildman–Crippen LogP) is 1.65. The summed E-state index contributed by atoms with van der Waals surface area (Å²) in [5.74, 6) is 0.441. The van der Waals surface area contributed by atoms with Crippen LogP contribution in [-0.4, -0.2) is 32.7 Å². The van der Waals surface area contributed by atoms with E-state index in [-0.39, 0.29) is 12.0 Å². The topological polar surface area (TPSA) is 87.4 Å². The summed E-state index contributed by atoms with van der Waals surface area (Å²) in [7, 11) is 0. The standard InChI is InChI=1S/C11H19N3O3/c1-11(2,3)8-7-9(12-10(16)17)14(13-8)5-4-6-15/h7,12,15H,4-6H2,1-3H3,(H,16,17). The van der Waals surface area contributed by atoms with Crippen LogP contribution in [0.15, 0.2) is 6.07 Å². The van der Waals surface area contributed by atoms with Crippen molar-refractivity contribution in [3.63, 3.8) is 0 Å². The summed E-state index contributed by atoms with van der Waals surface area (Å²) in [6.45, 7) is 6.57. The molecule has 0 bridgehead atoms. The van der Waals surface area contributed by atoms with Crippen LogP contribution < -0.4 is 5.32 Å². The quantitative estimate of drug-likeness (QED) is 0.748. The highest BCUT2D eigenvalue weighted by molar-refractivity contribution is 5.81. The van der Waals surface area contributed by atoms with Gasteiger partial charge in [-0.3, -0.25) is 5.32 Å². The molecule has 0 aliphatic heterocycles. The first kappa shape index (κ1) is 13.5. The van der Waals surface area contributed by atoms with E-state index in [9.17, 15) is 4.79 Å². The van der Waals surface area contributed by atoms with E-state index in [4.69, 9.17) is 10.2 Å². The number of amides is 1. The normalized spacial score (nSPS) is 11.5. The maximum Gasteiger partial charge on any atom is 0.410 e. The van der Waals surface area contributed by atoms with E-state index >= 15 is 0 Å². The highest BCUT2D eigenvalue weighted by Gasteiger charge is 2.20. The number of aryl methyl sites for hydroxylation is 1. The van der Waals surface area contributed by atoms with Crippen LogP contribution in [0.3, 0.4) is 0 Å². The molecule has 1 rings (SSSR count). The lowest BCUT2D eigenvalue weighted by atomic mass is 9.92. The first-order valence-corrected chi connectivity index (χ1v) is 5.53. The van der Waals surface area contributed by atoms with Crippen LogP contribution in [0.4, 0.5) is 10.6 Å². The molecule has 1 heterocycles. The largest absolute Gasteiger partial charge is 0.465 e. The fourth-order valence-corrected chi connectivity index (χ4v) is 1.38. The van der Waals surface area contributed by atoms with Crippen LogP contribution in [0.25, 0.3) is 0 Å². The van der Waals surface area contributed by atoms with E-state index in [1.54, 1.807) is 10.7 Å². The number of hydrogen-bond acceptors (Lipinski definition) is 3. The van der Waals surface area contributed by atoms with Gasteiger partial charge >= 0.3 is 6.09 Å². The Morgan fingerprint density at radius 1 is 1.53 bits per heavy atom. The maximum absolute atomic E-state index is 10.7. The molecule has 0 aliphatic rings. The molecule has 0 saturated heterocycles. The lowest BCUT2D eigenvalue weighted by Crippen LogP contribution is -2.14. The van der Waals surface area contributed by atoms with Gasteiger partial charge in [0, 0.05) is 24.6 Å². The number of nitrogens with zero attached hydrogens (tertiary/aromatic N) is 2. The lowest BCUT2D eigenvalue weighted by molar-refractivity contribution is 0.209. The minimum Gasteiger partial charge on any atom is -0.465 e. The van der Waals surface area contributed by atoms with Gasteiger partial charge in [-0.25, -0.2) is 9.48 Å². The molecule has 17 heavy (non-hydrogen) atoms. The van der Waals surface area contributed by atoms with Gasteiger partial charge < -0.3 is 10.2 Å². The Morgan fingerprint density at radius 3 is 2.65 bits per heavy atom. The number of aromatic nitrogens is 2. The van der Waals surface area contributed by atoms with Crippen molar-refractivity contribution in [2.75, 3.05) is 11.9 Å². The lowest BCUT2D eigenvalue weighted by Gasteiger charge is -2.14. The van der Waals surface area contributed by atoms with Crippen LogP contribution in [0.1, 0.15) is 32.9 Å². The second-order valence-electron chi connectivity index (χ2n) is 4.90. The zero-order chi connectivity index (χ0) is 13.1. The monoisotopic (exact) mass is 241 g/mol.